The standard InChI is InChI=1S/C19H22N6O/c1-13(17-23-15-7-2-3-8-16(15)24-17)22-18(26)14-6-4-11-25(12-14)19-20-9-5-10-21-19/h2-3,5,7-10,13-14H,4,6,11-12H2,1H3,(H,22,26)(H,23,24)/t13-,14+/m1/s1. The largest absolute Gasteiger partial charge is 0.346 e. The van der Waals surface area contributed by atoms with Crippen LogP contribution >= 0.6 is 0 Å². The number of rotatable bonds is 4. The van der Waals surface area contributed by atoms with Crippen molar-refractivity contribution in [3.63, 3.8) is 0 Å². The third-order valence-corrected chi connectivity index (χ3v) is 4.80. The van der Waals surface area contributed by atoms with Crippen LogP contribution in [0.2, 0.25) is 0 Å². The van der Waals surface area contributed by atoms with Gasteiger partial charge < -0.3 is 15.2 Å². The lowest BCUT2D eigenvalue weighted by Crippen LogP contribution is -2.44. The van der Waals surface area contributed by atoms with E-state index in [0.29, 0.717) is 12.5 Å². The maximum Gasteiger partial charge on any atom is 0.225 e. The van der Waals surface area contributed by atoms with Gasteiger partial charge in [-0.1, -0.05) is 12.1 Å². The summed E-state index contributed by atoms with van der Waals surface area (Å²) in [6, 6.07) is 9.50. The molecule has 3 heterocycles. The molecule has 0 aliphatic carbocycles. The van der Waals surface area contributed by atoms with E-state index in [0.717, 1.165) is 36.2 Å². The summed E-state index contributed by atoms with van der Waals surface area (Å²) in [6.45, 7) is 3.48. The molecule has 1 aliphatic heterocycles. The number of hydrogen-bond donors (Lipinski definition) is 2. The lowest BCUT2D eigenvalue weighted by molar-refractivity contribution is -0.126. The van der Waals surface area contributed by atoms with Gasteiger partial charge in [-0.3, -0.25) is 4.79 Å². The number of nitrogens with zero attached hydrogens (tertiary/aromatic N) is 4. The third kappa shape index (κ3) is 3.37. The van der Waals surface area contributed by atoms with E-state index in [-0.39, 0.29) is 17.9 Å². The first-order chi connectivity index (χ1) is 12.7. The van der Waals surface area contributed by atoms with E-state index in [4.69, 9.17) is 0 Å². The fraction of sp³-hybridized carbons (Fsp3) is 0.368. The fourth-order valence-electron chi connectivity index (χ4n) is 3.40. The van der Waals surface area contributed by atoms with Crippen molar-refractivity contribution in [2.75, 3.05) is 18.0 Å². The fourth-order valence-corrected chi connectivity index (χ4v) is 3.40. The van der Waals surface area contributed by atoms with Crippen molar-refractivity contribution < 1.29 is 4.79 Å². The lowest BCUT2D eigenvalue weighted by atomic mass is 9.97. The molecular weight excluding hydrogens is 328 g/mol. The van der Waals surface area contributed by atoms with E-state index >= 15 is 0 Å². The number of fused-ring (bicyclic) bond motifs is 1. The van der Waals surface area contributed by atoms with E-state index < -0.39 is 0 Å². The molecule has 1 saturated heterocycles. The first kappa shape index (κ1) is 16.5. The molecule has 7 nitrogen and oxygen atoms in total. The number of anilines is 1. The van der Waals surface area contributed by atoms with E-state index in [9.17, 15) is 4.79 Å². The van der Waals surface area contributed by atoms with Crippen LogP contribution in [-0.4, -0.2) is 38.9 Å². The first-order valence-corrected chi connectivity index (χ1v) is 8.97. The molecule has 4 rings (SSSR count). The summed E-state index contributed by atoms with van der Waals surface area (Å²) < 4.78 is 0. The monoisotopic (exact) mass is 350 g/mol. The highest BCUT2D eigenvalue weighted by Crippen LogP contribution is 2.22. The number of benzene rings is 1. The molecule has 1 amide bonds. The Labute approximate surface area is 151 Å². The summed E-state index contributed by atoms with van der Waals surface area (Å²) >= 11 is 0. The second kappa shape index (κ2) is 7.11. The molecular formula is C19H22N6O. The number of carbonyl (C=O) groups is 1. The number of imidazole rings is 1. The van der Waals surface area contributed by atoms with Crippen LogP contribution in [0.15, 0.2) is 42.7 Å². The Balaban J connectivity index is 1.42. The predicted octanol–water partition coefficient (Wildman–Crippen LogP) is 2.45. The van der Waals surface area contributed by atoms with Gasteiger partial charge in [-0.25, -0.2) is 15.0 Å². The Morgan fingerprint density at radius 1 is 1.27 bits per heavy atom. The number of aromatic nitrogens is 4. The van der Waals surface area contributed by atoms with Crippen LogP contribution in [0.3, 0.4) is 0 Å². The Bertz CT molecular complexity index is 860. The molecule has 7 heteroatoms. The SMILES string of the molecule is C[C@@H](NC(=O)[C@H]1CCCN(c2ncccn2)C1)c1nc2ccccc2[nH]1. The molecule has 0 bridgehead atoms. The summed E-state index contributed by atoms with van der Waals surface area (Å²) in [5.74, 6) is 1.45. The van der Waals surface area contributed by atoms with Crippen LogP contribution in [0.25, 0.3) is 11.0 Å². The molecule has 0 spiro atoms. The number of amides is 1. The summed E-state index contributed by atoms with van der Waals surface area (Å²) in [4.78, 5) is 31.3. The number of aromatic amines is 1. The summed E-state index contributed by atoms with van der Waals surface area (Å²) in [5, 5.41) is 3.10. The number of hydrogen-bond acceptors (Lipinski definition) is 5. The van der Waals surface area contributed by atoms with Gasteiger partial charge in [0.15, 0.2) is 0 Å². The van der Waals surface area contributed by atoms with Gasteiger partial charge in [0.1, 0.15) is 5.82 Å². The zero-order valence-electron chi connectivity index (χ0n) is 14.7. The number of H-pyrrole nitrogens is 1. The quantitative estimate of drug-likeness (QED) is 0.755. The van der Waals surface area contributed by atoms with Gasteiger partial charge in [0.25, 0.3) is 0 Å². The molecule has 0 saturated carbocycles. The summed E-state index contributed by atoms with van der Waals surface area (Å²) in [5.41, 5.74) is 1.89. The second-order valence-corrected chi connectivity index (χ2v) is 6.70. The average molecular weight is 350 g/mol. The number of nitrogens with one attached hydrogen (secondary N) is 2. The number of piperidine rings is 1. The maximum atomic E-state index is 12.8. The maximum absolute atomic E-state index is 12.8. The molecule has 1 aliphatic rings. The van der Waals surface area contributed by atoms with Crippen molar-refractivity contribution in [1.29, 1.82) is 0 Å². The molecule has 134 valence electrons. The topological polar surface area (TPSA) is 86.8 Å². The normalized spacial score (nSPS) is 18.7. The highest BCUT2D eigenvalue weighted by Gasteiger charge is 2.28. The van der Waals surface area contributed by atoms with Gasteiger partial charge in [-0.15, -0.1) is 0 Å². The van der Waals surface area contributed by atoms with E-state index in [1.165, 1.54) is 0 Å². The van der Waals surface area contributed by atoms with Crippen LogP contribution in [0.1, 0.15) is 31.6 Å². The first-order valence-electron chi connectivity index (χ1n) is 8.97. The Kier molecular flexibility index (Phi) is 4.51. The van der Waals surface area contributed by atoms with E-state index in [2.05, 4.69) is 30.2 Å². The predicted molar refractivity (Wildman–Crippen MR) is 99.6 cm³/mol. The zero-order chi connectivity index (χ0) is 17.9. The van der Waals surface area contributed by atoms with Gasteiger partial charge in [0, 0.05) is 25.5 Å². The minimum absolute atomic E-state index is 0.0542. The molecule has 2 N–H and O–H groups in total. The van der Waals surface area contributed by atoms with Crippen LogP contribution in [0, 0.1) is 5.92 Å². The molecule has 0 radical (unpaired) electrons. The van der Waals surface area contributed by atoms with Gasteiger partial charge in [0.2, 0.25) is 11.9 Å². The smallest absolute Gasteiger partial charge is 0.225 e. The van der Waals surface area contributed by atoms with Crippen LogP contribution in [-0.2, 0) is 4.79 Å². The van der Waals surface area contributed by atoms with Crippen molar-refractivity contribution in [2.24, 2.45) is 5.92 Å². The van der Waals surface area contributed by atoms with Crippen molar-refractivity contribution in [3.05, 3.63) is 48.5 Å². The molecule has 1 fully saturated rings. The Hall–Kier alpha value is -2.96. The molecule has 3 aromatic rings. The van der Waals surface area contributed by atoms with Crippen molar-refractivity contribution in [2.45, 2.75) is 25.8 Å². The Morgan fingerprint density at radius 2 is 2.08 bits per heavy atom. The molecule has 2 atom stereocenters. The van der Waals surface area contributed by atoms with Crippen LogP contribution < -0.4 is 10.2 Å². The van der Waals surface area contributed by atoms with E-state index in [1.54, 1.807) is 18.5 Å². The molecule has 2 aromatic heterocycles. The van der Waals surface area contributed by atoms with Crippen molar-refractivity contribution >= 4 is 22.9 Å². The lowest BCUT2D eigenvalue weighted by Gasteiger charge is -2.32. The minimum Gasteiger partial charge on any atom is -0.346 e. The van der Waals surface area contributed by atoms with Crippen molar-refractivity contribution in [3.8, 4) is 0 Å². The highest BCUT2D eigenvalue weighted by molar-refractivity contribution is 5.80. The minimum atomic E-state index is -0.168. The molecule has 26 heavy (non-hydrogen) atoms. The van der Waals surface area contributed by atoms with Gasteiger partial charge in [0.05, 0.1) is 23.0 Å². The van der Waals surface area contributed by atoms with Gasteiger partial charge in [-0.2, -0.15) is 0 Å². The zero-order valence-corrected chi connectivity index (χ0v) is 14.7. The van der Waals surface area contributed by atoms with Crippen LogP contribution in [0.4, 0.5) is 5.95 Å². The Morgan fingerprint density at radius 3 is 2.88 bits per heavy atom. The van der Waals surface area contributed by atoms with Crippen molar-refractivity contribution in [1.82, 2.24) is 25.3 Å². The van der Waals surface area contributed by atoms with Gasteiger partial charge >= 0.3 is 0 Å². The number of para-hydroxylation sites is 2. The van der Waals surface area contributed by atoms with Gasteiger partial charge in [-0.05, 0) is 38.0 Å². The van der Waals surface area contributed by atoms with E-state index in [1.807, 2.05) is 31.2 Å². The molecule has 1 aromatic carbocycles. The number of carbonyl (C=O) groups excluding carboxylic acids is 1. The molecule has 0 unspecified atom stereocenters. The average Bonchev–Trinajstić information content (AvgIpc) is 3.13. The highest BCUT2D eigenvalue weighted by atomic mass is 16.2. The third-order valence-electron chi connectivity index (χ3n) is 4.80. The summed E-state index contributed by atoms with van der Waals surface area (Å²) in [6.07, 6.45) is 5.29. The van der Waals surface area contributed by atoms with Crippen LogP contribution in [0.5, 0.6) is 0 Å². The second-order valence-electron chi connectivity index (χ2n) is 6.70. The summed E-state index contributed by atoms with van der Waals surface area (Å²) in [7, 11) is 0.